The van der Waals surface area contributed by atoms with Crippen LogP contribution in [0.4, 0.5) is 0 Å². The van der Waals surface area contributed by atoms with Gasteiger partial charge in [-0.2, -0.15) is 0 Å². The number of H-pyrrole nitrogens is 1. The number of hydrogen-bond acceptors (Lipinski definition) is 1. The fraction of sp³-hybridized carbons (Fsp3) is 0.500. The topological polar surface area (TPSA) is 28.7 Å². The zero-order chi connectivity index (χ0) is 11.4. The largest absolute Gasteiger partial charge is 0.342 e. The second-order valence-corrected chi connectivity index (χ2v) is 4.41. The Balaban J connectivity index is 2.29. The van der Waals surface area contributed by atoms with Crippen LogP contribution >= 0.6 is 0 Å². The molecule has 2 heteroatoms. The quantitative estimate of drug-likeness (QED) is 0.795. The summed E-state index contributed by atoms with van der Waals surface area (Å²) in [5, 5.41) is 0. The number of hydrogen-bond donors (Lipinski definition) is 1. The van der Waals surface area contributed by atoms with Crippen molar-refractivity contribution in [2.45, 2.75) is 45.4 Å². The molecule has 1 aromatic heterocycles. The van der Waals surface area contributed by atoms with Gasteiger partial charge in [0.1, 0.15) is 5.82 Å². The highest BCUT2D eigenvalue weighted by Crippen LogP contribution is 2.25. The van der Waals surface area contributed by atoms with Gasteiger partial charge in [-0.3, -0.25) is 0 Å². The normalized spacial score (nSPS) is 11.4. The first-order valence-corrected chi connectivity index (χ1v) is 6.29. The molecule has 0 aliphatic heterocycles. The van der Waals surface area contributed by atoms with Crippen molar-refractivity contribution < 1.29 is 0 Å². The van der Waals surface area contributed by atoms with Gasteiger partial charge in [0, 0.05) is 5.92 Å². The fourth-order valence-corrected chi connectivity index (χ4v) is 2.28. The molecular weight excluding hydrogens is 196 g/mol. The Labute approximate surface area is 97.1 Å². The molecule has 2 nitrogen and oxygen atoms in total. The van der Waals surface area contributed by atoms with E-state index in [0.29, 0.717) is 5.92 Å². The van der Waals surface area contributed by atoms with Crippen molar-refractivity contribution in [1.29, 1.82) is 0 Å². The van der Waals surface area contributed by atoms with Crippen molar-refractivity contribution in [3.63, 3.8) is 0 Å². The molecule has 16 heavy (non-hydrogen) atoms. The number of nitrogens with zero attached hydrogens (tertiary/aromatic N) is 1. The fourth-order valence-electron chi connectivity index (χ4n) is 2.28. The van der Waals surface area contributed by atoms with Crippen molar-refractivity contribution >= 4 is 11.0 Å². The van der Waals surface area contributed by atoms with E-state index in [1.54, 1.807) is 0 Å². The van der Waals surface area contributed by atoms with Crippen molar-refractivity contribution in [2.75, 3.05) is 0 Å². The highest BCUT2D eigenvalue weighted by atomic mass is 14.9. The van der Waals surface area contributed by atoms with Gasteiger partial charge in [0.25, 0.3) is 0 Å². The molecule has 0 radical (unpaired) electrons. The number of fused-ring (bicyclic) bond motifs is 1. The lowest BCUT2D eigenvalue weighted by Gasteiger charge is -2.11. The molecule has 1 N–H and O–H groups in total. The van der Waals surface area contributed by atoms with E-state index in [-0.39, 0.29) is 0 Å². The minimum atomic E-state index is 0.599. The summed E-state index contributed by atoms with van der Waals surface area (Å²) in [4.78, 5) is 8.15. The van der Waals surface area contributed by atoms with Gasteiger partial charge >= 0.3 is 0 Å². The van der Waals surface area contributed by atoms with Crippen molar-refractivity contribution in [2.24, 2.45) is 0 Å². The molecule has 0 fully saturated rings. The number of para-hydroxylation sites is 2. The van der Waals surface area contributed by atoms with E-state index in [4.69, 9.17) is 4.98 Å². The van der Waals surface area contributed by atoms with Crippen LogP contribution in [-0.2, 0) is 0 Å². The number of aromatic nitrogens is 2. The highest BCUT2D eigenvalue weighted by molar-refractivity contribution is 5.74. The second-order valence-electron chi connectivity index (χ2n) is 4.41. The van der Waals surface area contributed by atoms with Crippen molar-refractivity contribution in [3.8, 4) is 0 Å². The Hall–Kier alpha value is -1.31. The van der Waals surface area contributed by atoms with E-state index >= 15 is 0 Å². The third kappa shape index (κ3) is 2.26. The lowest BCUT2D eigenvalue weighted by Crippen LogP contribution is -2.00. The smallest absolute Gasteiger partial charge is 0.110 e. The van der Waals surface area contributed by atoms with Gasteiger partial charge in [0.15, 0.2) is 0 Å². The zero-order valence-electron chi connectivity index (χ0n) is 10.2. The number of nitrogens with one attached hydrogen (secondary N) is 1. The maximum absolute atomic E-state index is 4.69. The van der Waals surface area contributed by atoms with E-state index < -0.39 is 0 Å². The molecule has 0 spiro atoms. The summed E-state index contributed by atoms with van der Waals surface area (Å²) in [6.45, 7) is 4.48. The maximum Gasteiger partial charge on any atom is 0.110 e. The first-order valence-electron chi connectivity index (χ1n) is 6.29. The van der Waals surface area contributed by atoms with Gasteiger partial charge in [0.2, 0.25) is 0 Å². The van der Waals surface area contributed by atoms with Gasteiger partial charge in [0.05, 0.1) is 11.0 Å². The van der Waals surface area contributed by atoms with Gasteiger partial charge in [-0.1, -0.05) is 38.8 Å². The van der Waals surface area contributed by atoms with Gasteiger partial charge in [-0.25, -0.2) is 4.98 Å². The summed E-state index contributed by atoms with van der Waals surface area (Å²) < 4.78 is 0. The van der Waals surface area contributed by atoms with Crippen LogP contribution in [0.1, 0.15) is 51.3 Å². The van der Waals surface area contributed by atoms with Crippen LogP contribution in [0.25, 0.3) is 11.0 Å². The Kier molecular flexibility index (Phi) is 3.60. The predicted molar refractivity (Wildman–Crippen MR) is 68.7 cm³/mol. The minimum absolute atomic E-state index is 0.599. The number of aromatic amines is 1. The molecule has 1 aromatic carbocycles. The van der Waals surface area contributed by atoms with Crippen LogP contribution in [0.3, 0.4) is 0 Å². The van der Waals surface area contributed by atoms with Crippen molar-refractivity contribution in [3.05, 3.63) is 30.1 Å². The van der Waals surface area contributed by atoms with Gasteiger partial charge in [-0.15, -0.1) is 0 Å². The van der Waals surface area contributed by atoms with Gasteiger partial charge < -0.3 is 4.98 Å². The summed E-state index contributed by atoms with van der Waals surface area (Å²) in [5.74, 6) is 1.77. The molecule has 86 valence electrons. The molecular formula is C14H20N2. The molecule has 1 heterocycles. The molecule has 0 aliphatic rings. The Morgan fingerprint density at radius 3 is 2.44 bits per heavy atom. The molecule has 0 aliphatic carbocycles. The number of benzene rings is 1. The molecule has 0 bridgehead atoms. The Morgan fingerprint density at radius 2 is 1.81 bits per heavy atom. The van der Waals surface area contributed by atoms with Crippen LogP contribution in [-0.4, -0.2) is 9.97 Å². The number of rotatable bonds is 5. The molecule has 0 unspecified atom stereocenters. The monoisotopic (exact) mass is 216 g/mol. The molecule has 2 rings (SSSR count). The molecule has 2 aromatic rings. The summed E-state index contributed by atoms with van der Waals surface area (Å²) >= 11 is 0. The standard InChI is InChI=1S/C14H20N2/c1-3-7-11(8-4-2)14-15-12-9-5-6-10-13(12)16-14/h5-6,9-11H,3-4,7-8H2,1-2H3,(H,15,16). The average Bonchev–Trinajstić information content (AvgIpc) is 2.72. The van der Waals surface area contributed by atoms with Crippen LogP contribution < -0.4 is 0 Å². The lowest BCUT2D eigenvalue weighted by atomic mass is 9.98. The van der Waals surface area contributed by atoms with E-state index in [9.17, 15) is 0 Å². The van der Waals surface area contributed by atoms with Crippen LogP contribution in [0.5, 0.6) is 0 Å². The molecule has 0 saturated carbocycles. The summed E-state index contributed by atoms with van der Waals surface area (Å²) in [7, 11) is 0. The third-order valence-corrected chi connectivity index (χ3v) is 3.07. The Morgan fingerprint density at radius 1 is 1.12 bits per heavy atom. The lowest BCUT2D eigenvalue weighted by molar-refractivity contribution is 0.539. The van der Waals surface area contributed by atoms with Crippen LogP contribution in [0, 0.1) is 0 Å². The SMILES string of the molecule is CCCC(CCC)c1nc2ccccc2[nH]1. The Bertz CT molecular complexity index is 406. The van der Waals surface area contributed by atoms with E-state index in [2.05, 4.69) is 37.0 Å². The first-order chi connectivity index (χ1) is 7.85. The summed E-state index contributed by atoms with van der Waals surface area (Å²) in [5.41, 5.74) is 2.25. The third-order valence-electron chi connectivity index (χ3n) is 3.07. The first kappa shape index (κ1) is 11.2. The maximum atomic E-state index is 4.69. The van der Waals surface area contributed by atoms with E-state index in [1.807, 2.05) is 6.07 Å². The predicted octanol–water partition coefficient (Wildman–Crippen LogP) is 4.25. The molecule has 0 saturated heterocycles. The van der Waals surface area contributed by atoms with Crippen LogP contribution in [0.2, 0.25) is 0 Å². The zero-order valence-corrected chi connectivity index (χ0v) is 10.2. The van der Waals surface area contributed by atoms with Crippen molar-refractivity contribution in [1.82, 2.24) is 9.97 Å². The minimum Gasteiger partial charge on any atom is -0.342 e. The average molecular weight is 216 g/mol. The van der Waals surface area contributed by atoms with E-state index in [0.717, 1.165) is 11.0 Å². The highest BCUT2D eigenvalue weighted by Gasteiger charge is 2.13. The van der Waals surface area contributed by atoms with Gasteiger partial charge in [-0.05, 0) is 25.0 Å². The molecule has 0 atom stereocenters. The summed E-state index contributed by atoms with van der Waals surface area (Å²) in [6.07, 6.45) is 4.91. The summed E-state index contributed by atoms with van der Waals surface area (Å²) in [6, 6.07) is 8.27. The van der Waals surface area contributed by atoms with Crippen LogP contribution in [0.15, 0.2) is 24.3 Å². The second kappa shape index (κ2) is 5.15. The van der Waals surface area contributed by atoms with E-state index in [1.165, 1.54) is 31.5 Å². The number of imidazole rings is 1. The molecule has 0 amide bonds.